The Morgan fingerprint density at radius 3 is 2.95 bits per heavy atom. The van der Waals surface area contributed by atoms with Crippen LogP contribution in [0, 0.1) is 0 Å². The molecular formula is C13H21N3O3. The van der Waals surface area contributed by atoms with Crippen LogP contribution in [-0.4, -0.2) is 46.2 Å². The van der Waals surface area contributed by atoms with Crippen LogP contribution >= 0.6 is 0 Å². The van der Waals surface area contributed by atoms with Gasteiger partial charge in [-0.25, -0.2) is 0 Å². The average Bonchev–Trinajstić information content (AvgIpc) is 2.39. The Morgan fingerprint density at radius 1 is 1.53 bits per heavy atom. The number of hydrogen-bond donors (Lipinski definition) is 2. The molecule has 19 heavy (non-hydrogen) atoms. The Morgan fingerprint density at radius 2 is 2.32 bits per heavy atom. The van der Waals surface area contributed by atoms with Crippen molar-refractivity contribution < 1.29 is 9.84 Å². The van der Waals surface area contributed by atoms with Gasteiger partial charge in [-0.1, -0.05) is 13.8 Å². The molecule has 1 atom stereocenters. The third-order valence-corrected chi connectivity index (χ3v) is 3.36. The summed E-state index contributed by atoms with van der Waals surface area (Å²) in [7, 11) is 0. The molecule has 2 N–H and O–H groups in total. The minimum absolute atomic E-state index is 0.183. The molecule has 2 rings (SSSR count). The Kier molecular flexibility index (Phi) is 4.55. The highest BCUT2D eigenvalue weighted by Crippen LogP contribution is 2.20. The Balaban J connectivity index is 2.20. The van der Waals surface area contributed by atoms with Crippen LogP contribution in [0.5, 0.6) is 5.88 Å². The van der Waals surface area contributed by atoms with Crippen molar-refractivity contribution in [2.24, 2.45) is 0 Å². The number of ether oxygens (including phenoxy) is 1. The summed E-state index contributed by atoms with van der Waals surface area (Å²) in [4.78, 5) is 20.9. The van der Waals surface area contributed by atoms with Crippen molar-refractivity contribution in [2.75, 3.05) is 26.2 Å². The second-order valence-corrected chi connectivity index (χ2v) is 4.77. The quantitative estimate of drug-likeness (QED) is 0.844. The van der Waals surface area contributed by atoms with E-state index in [1.54, 1.807) is 0 Å². The van der Waals surface area contributed by atoms with Crippen molar-refractivity contribution in [3.63, 3.8) is 0 Å². The van der Waals surface area contributed by atoms with Crippen LogP contribution in [0.4, 0.5) is 0 Å². The molecule has 0 amide bonds. The Bertz CT molecular complexity index is 485. The fourth-order valence-corrected chi connectivity index (χ4v) is 2.36. The molecule has 1 aliphatic rings. The number of hydrogen-bond acceptors (Lipinski definition) is 5. The molecule has 6 nitrogen and oxygen atoms in total. The number of aromatic amines is 1. The first kappa shape index (κ1) is 14.0. The van der Waals surface area contributed by atoms with Crippen LogP contribution in [0.25, 0.3) is 0 Å². The molecular weight excluding hydrogens is 246 g/mol. The van der Waals surface area contributed by atoms with Gasteiger partial charge in [0.1, 0.15) is 11.9 Å². The summed E-state index contributed by atoms with van der Waals surface area (Å²) in [6.45, 7) is 7.15. The van der Waals surface area contributed by atoms with Crippen molar-refractivity contribution >= 4 is 0 Å². The van der Waals surface area contributed by atoms with Crippen molar-refractivity contribution in [3.05, 3.63) is 21.7 Å². The summed E-state index contributed by atoms with van der Waals surface area (Å²) in [5, 5.41) is 9.77. The molecule has 1 aromatic heterocycles. The molecule has 0 radical (unpaired) electrons. The molecule has 6 heteroatoms. The summed E-state index contributed by atoms with van der Waals surface area (Å²) in [6, 6.07) is 0. The lowest BCUT2D eigenvalue weighted by Crippen LogP contribution is -2.39. The Hall–Kier alpha value is -1.40. The fourth-order valence-electron chi connectivity index (χ4n) is 2.36. The van der Waals surface area contributed by atoms with Crippen molar-refractivity contribution in [1.82, 2.24) is 14.9 Å². The summed E-state index contributed by atoms with van der Waals surface area (Å²) in [6.07, 6.45) is 1.27. The molecule has 1 fully saturated rings. The van der Waals surface area contributed by atoms with Crippen LogP contribution in [-0.2, 0) is 11.2 Å². The zero-order valence-electron chi connectivity index (χ0n) is 11.5. The van der Waals surface area contributed by atoms with E-state index in [1.807, 2.05) is 6.92 Å². The SMILES string of the molecule is CCCN1CCOC(c2nc(O)c(CC)c(=O)[nH]2)C1. The molecule has 0 aliphatic carbocycles. The number of rotatable bonds is 4. The van der Waals surface area contributed by atoms with Crippen LogP contribution in [0.15, 0.2) is 4.79 Å². The average molecular weight is 267 g/mol. The summed E-state index contributed by atoms with van der Waals surface area (Å²) < 4.78 is 5.64. The first-order valence-corrected chi connectivity index (χ1v) is 6.81. The van der Waals surface area contributed by atoms with Gasteiger partial charge >= 0.3 is 0 Å². The predicted octanol–water partition coefficient (Wildman–Crippen LogP) is 0.821. The van der Waals surface area contributed by atoms with Gasteiger partial charge in [-0.15, -0.1) is 0 Å². The van der Waals surface area contributed by atoms with E-state index in [0.717, 1.165) is 19.5 Å². The molecule has 106 valence electrons. The van der Waals surface area contributed by atoms with Gasteiger partial charge in [0.2, 0.25) is 5.88 Å². The number of H-pyrrole nitrogens is 1. The summed E-state index contributed by atoms with van der Waals surface area (Å²) in [5.74, 6) is 0.234. The normalized spacial score (nSPS) is 20.6. The highest BCUT2D eigenvalue weighted by Gasteiger charge is 2.24. The van der Waals surface area contributed by atoms with Crippen molar-refractivity contribution in [2.45, 2.75) is 32.8 Å². The highest BCUT2D eigenvalue weighted by atomic mass is 16.5. The van der Waals surface area contributed by atoms with Gasteiger partial charge in [-0.3, -0.25) is 9.69 Å². The zero-order chi connectivity index (χ0) is 13.8. The van der Waals surface area contributed by atoms with Gasteiger partial charge in [-0.05, 0) is 19.4 Å². The van der Waals surface area contributed by atoms with E-state index in [0.29, 0.717) is 31.0 Å². The third kappa shape index (κ3) is 3.13. The molecule has 2 heterocycles. The van der Waals surface area contributed by atoms with E-state index in [1.165, 1.54) is 0 Å². The fraction of sp³-hybridized carbons (Fsp3) is 0.692. The van der Waals surface area contributed by atoms with Crippen LogP contribution < -0.4 is 5.56 Å². The monoisotopic (exact) mass is 267 g/mol. The van der Waals surface area contributed by atoms with Gasteiger partial charge in [0.25, 0.3) is 5.56 Å². The largest absolute Gasteiger partial charge is 0.493 e. The van der Waals surface area contributed by atoms with E-state index < -0.39 is 0 Å². The Labute approximate surface area is 112 Å². The summed E-state index contributed by atoms with van der Waals surface area (Å²) >= 11 is 0. The minimum Gasteiger partial charge on any atom is -0.493 e. The van der Waals surface area contributed by atoms with Crippen molar-refractivity contribution in [3.8, 4) is 5.88 Å². The maximum atomic E-state index is 11.8. The molecule has 1 aliphatic heterocycles. The number of aromatic nitrogens is 2. The standard InChI is InChI=1S/C13H21N3O3/c1-3-5-16-6-7-19-10(8-16)11-14-12(17)9(4-2)13(18)15-11/h10H,3-8H2,1-2H3,(H2,14,15,17,18). The molecule has 0 bridgehead atoms. The third-order valence-electron chi connectivity index (χ3n) is 3.36. The second-order valence-electron chi connectivity index (χ2n) is 4.77. The van der Waals surface area contributed by atoms with E-state index >= 15 is 0 Å². The van der Waals surface area contributed by atoms with E-state index in [-0.39, 0.29) is 17.5 Å². The van der Waals surface area contributed by atoms with Gasteiger partial charge in [0.05, 0.1) is 12.2 Å². The molecule has 1 saturated heterocycles. The van der Waals surface area contributed by atoms with Crippen molar-refractivity contribution in [1.29, 1.82) is 0 Å². The lowest BCUT2D eigenvalue weighted by Gasteiger charge is -2.32. The number of nitrogens with zero attached hydrogens (tertiary/aromatic N) is 2. The molecule has 0 spiro atoms. The van der Waals surface area contributed by atoms with Gasteiger partial charge in [-0.2, -0.15) is 4.98 Å². The lowest BCUT2D eigenvalue weighted by atomic mass is 10.2. The number of morpholine rings is 1. The first-order chi connectivity index (χ1) is 9.15. The number of aromatic hydroxyl groups is 1. The maximum absolute atomic E-state index is 11.8. The first-order valence-electron chi connectivity index (χ1n) is 6.81. The predicted molar refractivity (Wildman–Crippen MR) is 71.3 cm³/mol. The topological polar surface area (TPSA) is 78.5 Å². The second kappa shape index (κ2) is 6.16. The summed E-state index contributed by atoms with van der Waals surface area (Å²) in [5.41, 5.74) is 0.0474. The smallest absolute Gasteiger partial charge is 0.257 e. The van der Waals surface area contributed by atoms with E-state index in [9.17, 15) is 9.90 Å². The minimum atomic E-state index is -0.277. The number of nitrogens with one attached hydrogen (secondary N) is 1. The molecule has 1 unspecified atom stereocenters. The van der Waals surface area contributed by atoms with Gasteiger partial charge < -0.3 is 14.8 Å². The maximum Gasteiger partial charge on any atom is 0.257 e. The van der Waals surface area contributed by atoms with Crippen LogP contribution in [0.2, 0.25) is 0 Å². The van der Waals surface area contributed by atoms with E-state index in [2.05, 4.69) is 21.8 Å². The van der Waals surface area contributed by atoms with Crippen LogP contribution in [0.1, 0.15) is 37.8 Å². The molecule has 0 saturated carbocycles. The zero-order valence-corrected chi connectivity index (χ0v) is 11.5. The molecule has 1 aromatic rings. The van der Waals surface area contributed by atoms with E-state index in [4.69, 9.17) is 4.74 Å². The van der Waals surface area contributed by atoms with Gasteiger partial charge in [0.15, 0.2) is 0 Å². The van der Waals surface area contributed by atoms with Gasteiger partial charge in [0, 0.05) is 13.1 Å². The highest BCUT2D eigenvalue weighted by molar-refractivity contribution is 5.22. The molecule has 0 aromatic carbocycles. The van der Waals surface area contributed by atoms with Crippen LogP contribution in [0.3, 0.4) is 0 Å². The lowest BCUT2D eigenvalue weighted by molar-refractivity contribution is -0.0345.